The van der Waals surface area contributed by atoms with E-state index in [2.05, 4.69) is 5.32 Å². The highest BCUT2D eigenvalue weighted by atomic mass is 32.2. The first-order valence-corrected chi connectivity index (χ1v) is 7.39. The van der Waals surface area contributed by atoms with Crippen LogP contribution in [-0.2, 0) is 6.54 Å². The average molecular weight is 263 g/mol. The van der Waals surface area contributed by atoms with Crippen LogP contribution in [0.2, 0.25) is 0 Å². The molecule has 4 heteroatoms. The fourth-order valence-corrected chi connectivity index (χ4v) is 2.50. The van der Waals surface area contributed by atoms with Crippen molar-refractivity contribution in [3.63, 3.8) is 0 Å². The van der Waals surface area contributed by atoms with Gasteiger partial charge in [-0.1, -0.05) is 0 Å². The standard InChI is InChI=1S/C13H13NOS2/c1-16-12-4-2-11(3-5-12)13(15)14-8-10-6-7-17-9-10/h2-7,9H,8H2,1H3,(H,14,15). The summed E-state index contributed by atoms with van der Waals surface area (Å²) in [6.45, 7) is 0.590. The van der Waals surface area contributed by atoms with Crippen LogP contribution in [0.25, 0.3) is 0 Å². The molecular weight excluding hydrogens is 250 g/mol. The largest absolute Gasteiger partial charge is 0.348 e. The Kier molecular flexibility index (Phi) is 4.23. The molecule has 17 heavy (non-hydrogen) atoms. The fourth-order valence-electron chi connectivity index (χ4n) is 1.42. The van der Waals surface area contributed by atoms with Crippen molar-refractivity contribution in [2.75, 3.05) is 6.26 Å². The van der Waals surface area contributed by atoms with E-state index in [4.69, 9.17) is 0 Å². The lowest BCUT2D eigenvalue weighted by Crippen LogP contribution is -2.22. The zero-order valence-electron chi connectivity index (χ0n) is 9.47. The zero-order chi connectivity index (χ0) is 12.1. The van der Waals surface area contributed by atoms with Crippen molar-refractivity contribution < 1.29 is 4.79 Å². The second-order valence-electron chi connectivity index (χ2n) is 3.54. The van der Waals surface area contributed by atoms with Gasteiger partial charge in [-0.3, -0.25) is 4.79 Å². The molecule has 0 fully saturated rings. The molecule has 1 heterocycles. The lowest BCUT2D eigenvalue weighted by Gasteiger charge is -2.04. The van der Waals surface area contributed by atoms with E-state index in [9.17, 15) is 4.79 Å². The summed E-state index contributed by atoms with van der Waals surface area (Å²) < 4.78 is 0. The smallest absolute Gasteiger partial charge is 0.251 e. The molecule has 1 aromatic carbocycles. The first-order valence-electron chi connectivity index (χ1n) is 5.23. The van der Waals surface area contributed by atoms with Gasteiger partial charge >= 0.3 is 0 Å². The molecule has 88 valence electrons. The number of hydrogen-bond acceptors (Lipinski definition) is 3. The summed E-state index contributed by atoms with van der Waals surface area (Å²) in [5.74, 6) is -0.0242. The SMILES string of the molecule is CSc1ccc(C(=O)NCc2ccsc2)cc1. The van der Waals surface area contributed by atoms with Gasteiger partial charge in [-0.25, -0.2) is 0 Å². The monoisotopic (exact) mass is 263 g/mol. The van der Waals surface area contributed by atoms with Gasteiger partial charge in [-0.2, -0.15) is 11.3 Å². The highest BCUT2D eigenvalue weighted by Crippen LogP contribution is 2.14. The Hall–Kier alpha value is -1.26. The highest BCUT2D eigenvalue weighted by molar-refractivity contribution is 7.98. The Morgan fingerprint density at radius 1 is 1.29 bits per heavy atom. The van der Waals surface area contributed by atoms with Gasteiger partial charge < -0.3 is 5.32 Å². The summed E-state index contributed by atoms with van der Waals surface area (Å²) in [5.41, 5.74) is 1.85. The summed E-state index contributed by atoms with van der Waals surface area (Å²) in [6.07, 6.45) is 2.02. The second kappa shape index (κ2) is 5.89. The minimum atomic E-state index is -0.0242. The number of hydrogen-bond donors (Lipinski definition) is 1. The lowest BCUT2D eigenvalue weighted by molar-refractivity contribution is 0.0951. The average Bonchev–Trinajstić information content (AvgIpc) is 2.89. The molecule has 1 aromatic heterocycles. The van der Waals surface area contributed by atoms with Crippen LogP contribution in [0.15, 0.2) is 46.0 Å². The van der Waals surface area contributed by atoms with E-state index in [0.717, 1.165) is 5.56 Å². The molecule has 2 rings (SSSR count). The van der Waals surface area contributed by atoms with Crippen molar-refractivity contribution >= 4 is 29.0 Å². The van der Waals surface area contributed by atoms with Gasteiger partial charge in [-0.15, -0.1) is 11.8 Å². The molecule has 0 saturated heterocycles. The number of thioether (sulfide) groups is 1. The van der Waals surface area contributed by atoms with Crippen molar-refractivity contribution in [3.8, 4) is 0 Å². The molecule has 1 amide bonds. The normalized spacial score (nSPS) is 10.2. The number of rotatable bonds is 4. The van der Waals surface area contributed by atoms with E-state index in [0.29, 0.717) is 12.1 Å². The predicted octanol–water partition coefficient (Wildman–Crippen LogP) is 3.40. The van der Waals surface area contributed by atoms with Crippen molar-refractivity contribution in [2.24, 2.45) is 0 Å². The van der Waals surface area contributed by atoms with Crippen LogP contribution in [0.3, 0.4) is 0 Å². The molecule has 0 aliphatic carbocycles. The molecule has 0 aliphatic heterocycles. The molecule has 0 atom stereocenters. The van der Waals surface area contributed by atoms with Crippen LogP contribution in [0.4, 0.5) is 0 Å². The van der Waals surface area contributed by atoms with Crippen LogP contribution in [-0.4, -0.2) is 12.2 Å². The summed E-state index contributed by atoms with van der Waals surface area (Å²) in [5, 5.41) is 6.95. The quantitative estimate of drug-likeness (QED) is 0.857. The number of benzene rings is 1. The third-order valence-corrected chi connectivity index (χ3v) is 3.86. The molecule has 2 nitrogen and oxygen atoms in total. The topological polar surface area (TPSA) is 29.1 Å². The molecule has 0 spiro atoms. The number of thiophene rings is 1. The van der Waals surface area contributed by atoms with Crippen LogP contribution < -0.4 is 5.32 Å². The highest BCUT2D eigenvalue weighted by Gasteiger charge is 2.04. The maximum atomic E-state index is 11.8. The molecular formula is C13H13NOS2. The molecule has 0 unspecified atom stereocenters. The Balaban J connectivity index is 1.95. The van der Waals surface area contributed by atoms with Gasteiger partial charge in [0.15, 0.2) is 0 Å². The van der Waals surface area contributed by atoms with Crippen molar-refractivity contribution in [1.82, 2.24) is 5.32 Å². The minimum Gasteiger partial charge on any atom is -0.348 e. The van der Waals surface area contributed by atoms with E-state index in [-0.39, 0.29) is 5.91 Å². The molecule has 2 aromatic rings. The summed E-state index contributed by atoms with van der Waals surface area (Å²) in [4.78, 5) is 13.0. The Bertz CT molecular complexity index is 477. The van der Waals surface area contributed by atoms with Crippen LogP contribution in [0, 0.1) is 0 Å². The van der Waals surface area contributed by atoms with Gasteiger partial charge in [-0.05, 0) is 52.9 Å². The Morgan fingerprint density at radius 2 is 2.06 bits per heavy atom. The zero-order valence-corrected chi connectivity index (χ0v) is 11.1. The first kappa shape index (κ1) is 12.2. The van der Waals surface area contributed by atoms with E-state index in [1.807, 2.05) is 47.3 Å². The van der Waals surface area contributed by atoms with Gasteiger partial charge in [0, 0.05) is 17.0 Å². The molecule has 0 saturated carbocycles. The van der Waals surface area contributed by atoms with E-state index in [1.165, 1.54) is 4.90 Å². The summed E-state index contributed by atoms with van der Waals surface area (Å²) in [7, 11) is 0. The Morgan fingerprint density at radius 3 is 2.65 bits per heavy atom. The summed E-state index contributed by atoms with van der Waals surface area (Å²) >= 11 is 3.31. The van der Waals surface area contributed by atoms with E-state index < -0.39 is 0 Å². The third-order valence-electron chi connectivity index (χ3n) is 2.39. The fraction of sp³-hybridized carbons (Fsp3) is 0.154. The summed E-state index contributed by atoms with van der Waals surface area (Å²) in [6, 6.07) is 9.65. The number of amides is 1. The van der Waals surface area contributed by atoms with Crippen LogP contribution >= 0.6 is 23.1 Å². The molecule has 1 N–H and O–H groups in total. The number of nitrogens with one attached hydrogen (secondary N) is 1. The van der Waals surface area contributed by atoms with Crippen molar-refractivity contribution in [1.29, 1.82) is 0 Å². The van der Waals surface area contributed by atoms with E-state index in [1.54, 1.807) is 23.1 Å². The van der Waals surface area contributed by atoms with Gasteiger partial charge in [0.2, 0.25) is 0 Å². The maximum Gasteiger partial charge on any atom is 0.251 e. The van der Waals surface area contributed by atoms with Crippen molar-refractivity contribution in [2.45, 2.75) is 11.4 Å². The first-order chi connectivity index (χ1) is 8.29. The van der Waals surface area contributed by atoms with Gasteiger partial charge in [0.25, 0.3) is 5.91 Å². The number of carbonyl (C=O) groups is 1. The van der Waals surface area contributed by atoms with Crippen molar-refractivity contribution in [3.05, 3.63) is 52.2 Å². The maximum absolute atomic E-state index is 11.8. The van der Waals surface area contributed by atoms with E-state index >= 15 is 0 Å². The molecule has 0 aliphatic rings. The predicted molar refractivity (Wildman–Crippen MR) is 73.7 cm³/mol. The molecule has 0 radical (unpaired) electrons. The molecule has 0 bridgehead atoms. The Labute approximate surface area is 109 Å². The van der Waals surface area contributed by atoms with Gasteiger partial charge in [0.1, 0.15) is 0 Å². The minimum absolute atomic E-state index is 0.0242. The number of carbonyl (C=O) groups excluding carboxylic acids is 1. The van der Waals surface area contributed by atoms with Crippen LogP contribution in [0.5, 0.6) is 0 Å². The lowest BCUT2D eigenvalue weighted by atomic mass is 10.2. The second-order valence-corrected chi connectivity index (χ2v) is 5.20. The van der Waals surface area contributed by atoms with Gasteiger partial charge in [0.05, 0.1) is 0 Å². The van der Waals surface area contributed by atoms with Crippen LogP contribution in [0.1, 0.15) is 15.9 Å². The third kappa shape index (κ3) is 3.35.